The summed E-state index contributed by atoms with van der Waals surface area (Å²) in [7, 11) is 0. The first-order valence-electron chi connectivity index (χ1n) is 5.73. The van der Waals surface area contributed by atoms with Gasteiger partial charge in [0.1, 0.15) is 5.82 Å². The van der Waals surface area contributed by atoms with E-state index in [0.717, 1.165) is 0 Å². The van der Waals surface area contributed by atoms with Crippen molar-refractivity contribution in [3.05, 3.63) is 22.8 Å². The van der Waals surface area contributed by atoms with Crippen molar-refractivity contribution in [2.75, 3.05) is 18.0 Å². The summed E-state index contributed by atoms with van der Waals surface area (Å²) in [6.07, 6.45) is 1.21. The van der Waals surface area contributed by atoms with Crippen molar-refractivity contribution in [1.29, 1.82) is 0 Å². The predicted molar refractivity (Wildman–Crippen MR) is 72.5 cm³/mol. The first-order valence-corrected chi connectivity index (χ1v) is 6.11. The summed E-state index contributed by atoms with van der Waals surface area (Å²) >= 11 is 6.02. The van der Waals surface area contributed by atoms with E-state index in [1.807, 2.05) is 13.8 Å². The Hall–Kier alpha value is -1.82. The lowest BCUT2D eigenvalue weighted by atomic mass is 10.2. The first kappa shape index (κ1) is 15.2. The summed E-state index contributed by atoms with van der Waals surface area (Å²) < 4.78 is 0. The second-order valence-electron chi connectivity index (χ2n) is 4.58. The van der Waals surface area contributed by atoms with Crippen LogP contribution in [0.25, 0.3) is 0 Å². The SMILES string of the molecule is CC(C)CN(CC(N)=O)c1ncc(C(=O)O)cc1Cl. The number of aromatic nitrogens is 1. The Labute approximate surface area is 116 Å². The molecule has 0 aliphatic carbocycles. The molecule has 1 amide bonds. The second kappa shape index (κ2) is 6.38. The Bertz CT molecular complexity index is 491. The number of pyridine rings is 1. The number of carboxylic acids is 1. The van der Waals surface area contributed by atoms with Crippen LogP contribution in [-0.2, 0) is 4.79 Å². The van der Waals surface area contributed by atoms with Gasteiger partial charge in [-0.25, -0.2) is 9.78 Å². The molecule has 6 nitrogen and oxygen atoms in total. The minimum absolute atomic E-state index is 0.00248. The maximum atomic E-state index is 11.1. The average Bonchev–Trinajstić information content (AvgIpc) is 2.26. The fourth-order valence-corrected chi connectivity index (χ4v) is 1.92. The smallest absolute Gasteiger partial charge is 0.337 e. The van der Waals surface area contributed by atoms with E-state index in [2.05, 4.69) is 4.98 Å². The van der Waals surface area contributed by atoms with Gasteiger partial charge in [-0.1, -0.05) is 25.4 Å². The quantitative estimate of drug-likeness (QED) is 0.823. The number of aromatic carboxylic acids is 1. The molecule has 0 saturated heterocycles. The highest BCUT2D eigenvalue weighted by molar-refractivity contribution is 6.33. The molecule has 0 atom stereocenters. The molecule has 0 aliphatic heterocycles. The highest BCUT2D eigenvalue weighted by atomic mass is 35.5. The fourth-order valence-electron chi connectivity index (χ4n) is 1.64. The van der Waals surface area contributed by atoms with Crippen LogP contribution < -0.4 is 10.6 Å². The van der Waals surface area contributed by atoms with Crippen molar-refractivity contribution in [3.63, 3.8) is 0 Å². The number of halogens is 1. The van der Waals surface area contributed by atoms with Gasteiger partial charge in [0, 0.05) is 12.7 Å². The first-order chi connectivity index (χ1) is 8.81. The number of primary amides is 1. The lowest BCUT2D eigenvalue weighted by molar-refractivity contribution is -0.116. The molecule has 3 N–H and O–H groups in total. The van der Waals surface area contributed by atoms with E-state index < -0.39 is 11.9 Å². The van der Waals surface area contributed by atoms with Gasteiger partial charge in [-0.3, -0.25) is 4.79 Å². The van der Waals surface area contributed by atoms with E-state index >= 15 is 0 Å². The molecule has 7 heteroatoms. The third-order valence-electron chi connectivity index (χ3n) is 2.30. The van der Waals surface area contributed by atoms with Gasteiger partial charge in [-0.2, -0.15) is 0 Å². The number of hydrogen-bond donors (Lipinski definition) is 2. The lowest BCUT2D eigenvalue weighted by Crippen LogP contribution is -2.37. The van der Waals surface area contributed by atoms with Crippen LogP contribution in [0.4, 0.5) is 5.82 Å². The van der Waals surface area contributed by atoms with E-state index in [4.69, 9.17) is 22.4 Å². The van der Waals surface area contributed by atoms with Crippen molar-refractivity contribution in [3.8, 4) is 0 Å². The van der Waals surface area contributed by atoms with Crippen LogP contribution in [0.1, 0.15) is 24.2 Å². The van der Waals surface area contributed by atoms with Crippen LogP contribution in [0.2, 0.25) is 5.02 Å². The highest BCUT2D eigenvalue weighted by Crippen LogP contribution is 2.24. The van der Waals surface area contributed by atoms with E-state index in [1.54, 1.807) is 4.90 Å². The minimum Gasteiger partial charge on any atom is -0.478 e. The molecule has 0 radical (unpaired) electrons. The number of nitrogens with two attached hydrogens (primary N) is 1. The zero-order valence-corrected chi connectivity index (χ0v) is 11.5. The van der Waals surface area contributed by atoms with Crippen molar-refractivity contribution >= 4 is 29.3 Å². The topological polar surface area (TPSA) is 96.5 Å². The normalized spacial score (nSPS) is 10.5. The van der Waals surface area contributed by atoms with Crippen molar-refractivity contribution < 1.29 is 14.7 Å². The second-order valence-corrected chi connectivity index (χ2v) is 4.98. The van der Waals surface area contributed by atoms with Gasteiger partial charge in [0.05, 0.1) is 17.1 Å². The van der Waals surface area contributed by atoms with Gasteiger partial charge in [-0.15, -0.1) is 0 Å². The van der Waals surface area contributed by atoms with Crippen LogP contribution in [0.15, 0.2) is 12.3 Å². The summed E-state index contributed by atoms with van der Waals surface area (Å²) in [5, 5.41) is 9.03. The molecule has 0 fully saturated rings. The molecular weight excluding hydrogens is 270 g/mol. The predicted octanol–water partition coefficient (Wildman–Crippen LogP) is 1.38. The molecule has 0 aromatic carbocycles. The zero-order valence-electron chi connectivity index (χ0n) is 10.8. The summed E-state index contributed by atoms with van der Waals surface area (Å²) in [4.78, 5) is 27.5. The molecule has 0 aliphatic rings. The highest BCUT2D eigenvalue weighted by Gasteiger charge is 2.17. The Balaban J connectivity index is 3.07. The number of carbonyl (C=O) groups is 2. The Morgan fingerprint density at radius 2 is 2.16 bits per heavy atom. The van der Waals surface area contributed by atoms with Crippen LogP contribution in [0.3, 0.4) is 0 Å². The Kier molecular flexibility index (Phi) is 5.11. The van der Waals surface area contributed by atoms with E-state index in [-0.39, 0.29) is 23.0 Å². The zero-order chi connectivity index (χ0) is 14.6. The molecule has 1 heterocycles. The van der Waals surface area contributed by atoms with E-state index in [0.29, 0.717) is 12.4 Å². The van der Waals surface area contributed by atoms with Gasteiger partial charge in [0.2, 0.25) is 5.91 Å². The van der Waals surface area contributed by atoms with Crippen LogP contribution in [0, 0.1) is 5.92 Å². The maximum Gasteiger partial charge on any atom is 0.337 e. The number of amides is 1. The number of anilines is 1. The van der Waals surface area contributed by atoms with Gasteiger partial charge in [-0.05, 0) is 12.0 Å². The van der Waals surface area contributed by atoms with Gasteiger partial charge < -0.3 is 15.7 Å². The summed E-state index contributed by atoms with van der Waals surface area (Å²) in [6.45, 7) is 4.49. The van der Waals surface area contributed by atoms with Gasteiger partial charge >= 0.3 is 5.97 Å². The maximum absolute atomic E-state index is 11.1. The molecular formula is C12H16ClN3O3. The standard InChI is InChI=1S/C12H16ClN3O3/c1-7(2)5-16(6-10(14)17)11-9(13)3-8(4-15-11)12(18)19/h3-4,7H,5-6H2,1-2H3,(H2,14,17)(H,18,19). The molecule has 1 rings (SSSR count). The fraction of sp³-hybridized carbons (Fsp3) is 0.417. The molecule has 1 aromatic rings. The lowest BCUT2D eigenvalue weighted by Gasteiger charge is -2.25. The Morgan fingerprint density at radius 1 is 1.53 bits per heavy atom. The van der Waals surface area contributed by atoms with Crippen molar-refractivity contribution in [2.24, 2.45) is 11.7 Å². The average molecular weight is 286 g/mol. The number of carboxylic acid groups (broad SMARTS) is 1. The van der Waals surface area contributed by atoms with Crippen molar-refractivity contribution in [2.45, 2.75) is 13.8 Å². The molecule has 104 valence electrons. The summed E-state index contributed by atoms with van der Waals surface area (Å²) in [5.74, 6) is -0.970. The van der Waals surface area contributed by atoms with E-state index in [1.165, 1.54) is 12.3 Å². The molecule has 19 heavy (non-hydrogen) atoms. The summed E-state index contributed by atoms with van der Waals surface area (Å²) in [5.41, 5.74) is 5.19. The van der Waals surface area contributed by atoms with Crippen LogP contribution >= 0.6 is 11.6 Å². The van der Waals surface area contributed by atoms with Gasteiger partial charge in [0.25, 0.3) is 0 Å². The largest absolute Gasteiger partial charge is 0.478 e. The monoisotopic (exact) mass is 285 g/mol. The number of rotatable bonds is 6. The van der Waals surface area contributed by atoms with E-state index in [9.17, 15) is 9.59 Å². The van der Waals surface area contributed by atoms with Crippen LogP contribution in [0.5, 0.6) is 0 Å². The summed E-state index contributed by atoms with van der Waals surface area (Å²) in [6, 6.07) is 1.31. The molecule has 0 unspecified atom stereocenters. The molecule has 0 saturated carbocycles. The third kappa shape index (κ3) is 4.40. The van der Waals surface area contributed by atoms with Gasteiger partial charge in [0.15, 0.2) is 0 Å². The molecule has 0 bridgehead atoms. The molecule has 0 spiro atoms. The van der Waals surface area contributed by atoms with Crippen LogP contribution in [-0.4, -0.2) is 35.1 Å². The number of nitrogens with zero attached hydrogens (tertiary/aromatic N) is 2. The van der Waals surface area contributed by atoms with Crippen molar-refractivity contribution in [1.82, 2.24) is 4.98 Å². The Morgan fingerprint density at radius 3 is 2.58 bits per heavy atom. The molecule has 1 aromatic heterocycles. The number of hydrogen-bond acceptors (Lipinski definition) is 4. The minimum atomic E-state index is -1.11. The number of carbonyl (C=O) groups excluding carboxylic acids is 1. The third-order valence-corrected chi connectivity index (χ3v) is 2.58.